The van der Waals surface area contributed by atoms with E-state index in [1.165, 1.54) is 89.9 Å². The molecule has 20 heavy (non-hydrogen) atoms. The summed E-state index contributed by atoms with van der Waals surface area (Å²) in [6.45, 7) is 3.91. The normalized spacial score (nSPS) is 18.9. The van der Waals surface area contributed by atoms with Gasteiger partial charge in [0.15, 0.2) is 0 Å². The molecule has 0 aromatic carbocycles. The van der Waals surface area contributed by atoms with Crippen molar-refractivity contribution >= 4 is 0 Å². The number of unbranched alkanes of at least 4 members (excludes halogenated alkanes) is 7. The van der Waals surface area contributed by atoms with Crippen LogP contribution in [0.4, 0.5) is 0 Å². The molecule has 2 heteroatoms. The van der Waals surface area contributed by atoms with Crippen molar-refractivity contribution in [1.82, 2.24) is 0 Å². The van der Waals surface area contributed by atoms with Gasteiger partial charge in [0.25, 0.3) is 0 Å². The molecule has 0 aromatic rings. The van der Waals surface area contributed by atoms with E-state index in [0.29, 0.717) is 6.54 Å². The Bertz CT molecular complexity index is 209. The van der Waals surface area contributed by atoms with Crippen LogP contribution in [0, 0.1) is 0 Å². The van der Waals surface area contributed by atoms with E-state index in [2.05, 4.69) is 6.92 Å². The minimum atomic E-state index is 0.0254. The summed E-state index contributed by atoms with van der Waals surface area (Å²) in [6, 6.07) is 0. The molecule has 0 bridgehead atoms. The second-order valence-electron chi connectivity index (χ2n) is 6.62. The summed E-state index contributed by atoms with van der Waals surface area (Å²) in [5.41, 5.74) is 6.02. The molecule has 2 nitrogen and oxygen atoms in total. The van der Waals surface area contributed by atoms with Crippen LogP contribution < -0.4 is 5.73 Å². The van der Waals surface area contributed by atoms with Crippen LogP contribution in [0.3, 0.4) is 0 Å². The molecule has 1 aliphatic rings. The first-order chi connectivity index (χ1) is 9.83. The highest BCUT2D eigenvalue weighted by molar-refractivity contribution is 4.84. The zero-order chi connectivity index (χ0) is 14.5. The second-order valence-corrected chi connectivity index (χ2v) is 6.62. The van der Waals surface area contributed by atoms with Gasteiger partial charge in [-0.2, -0.15) is 0 Å². The van der Waals surface area contributed by atoms with Crippen LogP contribution in [-0.2, 0) is 4.74 Å². The lowest BCUT2D eigenvalue weighted by molar-refractivity contribution is -0.0507. The highest BCUT2D eigenvalue weighted by Crippen LogP contribution is 2.29. The molecule has 2 N–H and O–H groups in total. The molecule has 0 unspecified atom stereocenters. The smallest absolute Gasteiger partial charge is 0.0804 e. The monoisotopic (exact) mass is 283 g/mol. The summed E-state index contributed by atoms with van der Waals surface area (Å²) in [5.74, 6) is 0. The fraction of sp³-hybridized carbons (Fsp3) is 1.00. The molecule has 1 rings (SSSR count). The Hall–Kier alpha value is -0.0800. The first-order valence-corrected chi connectivity index (χ1v) is 9.17. The first-order valence-electron chi connectivity index (χ1n) is 9.17. The maximum Gasteiger partial charge on any atom is 0.0804 e. The fourth-order valence-electron chi connectivity index (χ4n) is 3.30. The van der Waals surface area contributed by atoms with Gasteiger partial charge in [0.1, 0.15) is 0 Å². The van der Waals surface area contributed by atoms with E-state index in [1.54, 1.807) is 0 Å². The molecule has 0 heterocycles. The summed E-state index contributed by atoms with van der Waals surface area (Å²) in [7, 11) is 0. The molecule has 0 spiro atoms. The maximum atomic E-state index is 6.22. The Morgan fingerprint density at radius 2 is 1.35 bits per heavy atom. The predicted octanol–water partition coefficient (Wildman–Crippen LogP) is 5.20. The lowest BCUT2D eigenvalue weighted by atomic mass is 9.94. The number of rotatable bonds is 11. The van der Waals surface area contributed by atoms with Crippen LogP contribution >= 0.6 is 0 Å². The zero-order valence-electron chi connectivity index (χ0n) is 13.8. The summed E-state index contributed by atoms with van der Waals surface area (Å²) in [6.07, 6.45) is 18.6. The fourth-order valence-corrected chi connectivity index (χ4v) is 3.30. The molecule has 1 saturated carbocycles. The number of hydrogen-bond acceptors (Lipinski definition) is 2. The van der Waals surface area contributed by atoms with Crippen LogP contribution in [0.25, 0.3) is 0 Å². The van der Waals surface area contributed by atoms with Crippen molar-refractivity contribution in [3.63, 3.8) is 0 Å². The number of hydrogen-bond donors (Lipinski definition) is 1. The molecule has 1 fully saturated rings. The Morgan fingerprint density at radius 1 is 0.800 bits per heavy atom. The Morgan fingerprint density at radius 3 is 1.90 bits per heavy atom. The van der Waals surface area contributed by atoms with Crippen molar-refractivity contribution in [2.45, 2.75) is 102 Å². The summed E-state index contributed by atoms with van der Waals surface area (Å²) < 4.78 is 6.22. The third kappa shape index (κ3) is 7.64. The van der Waals surface area contributed by atoms with E-state index in [0.717, 1.165) is 6.61 Å². The highest BCUT2D eigenvalue weighted by Gasteiger charge is 2.29. The summed E-state index contributed by atoms with van der Waals surface area (Å²) >= 11 is 0. The van der Waals surface area contributed by atoms with E-state index in [4.69, 9.17) is 10.5 Å². The highest BCUT2D eigenvalue weighted by atomic mass is 16.5. The van der Waals surface area contributed by atoms with Crippen molar-refractivity contribution in [2.24, 2.45) is 5.73 Å². The van der Waals surface area contributed by atoms with Crippen molar-refractivity contribution in [3.8, 4) is 0 Å². The van der Waals surface area contributed by atoms with Gasteiger partial charge in [-0.25, -0.2) is 0 Å². The first kappa shape index (κ1) is 18.0. The van der Waals surface area contributed by atoms with Gasteiger partial charge in [-0.3, -0.25) is 0 Å². The van der Waals surface area contributed by atoms with E-state index in [-0.39, 0.29) is 5.60 Å². The Labute approximate surface area is 126 Å². The van der Waals surface area contributed by atoms with E-state index >= 15 is 0 Å². The third-order valence-corrected chi connectivity index (χ3v) is 4.79. The Balaban J connectivity index is 2.01. The van der Waals surface area contributed by atoms with Gasteiger partial charge in [0.05, 0.1) is 5.60 Å². The SMILES string of the molecule is CCCCCCCCCCOC1(CN)CCCCCC1. The van der Waals surface area contributed by atoms with Gasteiger partial charge in [0, 0.05) is 13.2 Å². The van der Waals surface area contributed by atoms with Crippen molar-refractivity contribution in [3.05, 3.63) is 0 Å². The van der Waals surface area contributed by atoms with Gasteiger partial charge >= 0.3 is 0 Å². The summed E-state index contributed by atoms with van der Waals surface area (Å²) in [5, 5.41) is 0. The standard InChI is InChI=1S/C18H37NO/c1-2-3-4-5-6-7-10-13-16-20-18(17-19)14-11-8-9-12-15-18/h2-17,19H2,1H3. The summed E-state index contributed by atoms with van der Waals surface area (Å²) in [4.78, 5) is 0. The predicted molar refractivity (Wildman–Crippen MR) is 88.0 cm³/mol. The molecule has 0 saturated heterocycles. The Kier molecular flexibility index (Phi) is 10.4. The quantitative estimate of drug-likeness (QED) is 0.418. The van der Waals surface area contributed by atoms with E-state index < -0.39 is 0 Å². The van der Waals surface area contributed by atoms with Crippen LogP contribution in [0.1, 0.15) is 96.8 Å². The van der Waals surface area contributed by atoms with Gasteiger partial charge < -0.3 is 10.5 Å². The van der Waals surface area contributed by atoms with Crippen LogP contribution in [0.15, 0.2) is 0 Å². The van der Waals surface area contributed by atoms with Crippen LogP contribution in [0.2, 0.25) is 0 Å². The topological polar surface area (TPSA) is 35.2 Å². The molecule has 0 aliphatic heterocycles. The van der Waals surface area contributed by atoms with Crippen molar-refractivity contribution in [1.29, 1.82) is 0 Å². The van der Waals surface area contributed by atoms with Gasteiger partial charge in [-0.15, -0.1) is 0 Å². The molecule has 0 amide bonds. The second kappa shape index (κ2) is 11.6. The lowest BCUT2D eigenvalue weighted by Gasteiger charge is -2.31. The van der Waals surface area contributed by atoms with Crippen molar-refractivity contribution < 1.29 is 4.74 Å². The van der Waals surface area contributed by atoms with Gasteiger partial charge in [0.2, 0.25) is 0 Å². The average molecular weight is 284 g/mol. The molecular formula is C18H37NO. The number of ether oxygens (including phenoxy) is 1. The molecule has 0 aromatic heterocycles. The third-order valence-electron chi connectivity index (χ3n) is 4.79. The van der Waals surface area contributed by atoms with Gasteiger partial charge in [-0.1, -0.05) is 77.6 Å². The van der Waals surface area contributed by atoms with Crippen molar-refractivity contribution in [2.75, 3.05) is 13.2 Å². The van der Waals surface area contributed by atoms with E-state index in [1.807, 2.05) is 0 Å². The molecule has 1 aliphatic carbocycles. The van der Waals surface area contributed by atoms with E-state index in [9.17, 15) is 0 Å². The number of nitrogens with two attached hydrogens (primary N) is 1. The molecule has 0 radical (unpaired) electrons. The van der Waals surface area contributed by atoms with Crippen LogP contribution in [0.5, 0.6) is 0 Å². The molecule has 120 valence electrons. The van der Waals surface area contributed by atoms with Gasteiger partial charge in [-0.05, 0) is 19.3 Å². The average Bonchev–Trinajstić information content (AvgIpc) is 2.72. The molecular weight excluding hydrogens is 246 g/mol. The zero-order valence-corrected chi connectivity index (χ0v) is 13.8. The minimum Gasteiger partial charge on any atom is -0.374 e. The maximum absolute atomic E-state index is 6.22. The largest absolute Gasteiger partial charge is 0.374 e. The molecule has 0 atom stereocenters. The minimum absolute atomic E-state index is 0.0254. The van der Waals surface area contributed by atoms with Crippen LogP contribution in [-0.4, -0.2) is 18.8 Å². The lowest BCUT2D eigenvalue weighted by Crippen LogP contribution is -2.40.